The quantitative estimate of drug-likeness (QED) is 0.773. The van der Waals surface area contributed by atoms with Crippen LogP contribution in [0.5, 0.6) is 0 Å². The smallest absolute Gasteiger partial charge is 0.410 e. The summed E-state index contributed by atoms with van der Waals surface area (Å²) < 4.78 is 5.49. The van der Waals surface area contributed by atoms with Gasteiger partial charge in [-0.25, -0.2) is 4.79 Å². The van der Waals surface area contributed by atoms with Crippen LogP contribution in [-0.2, 0) is 4.74 Å². The minimum atomic E-state index is -0.433. The van der Waals surface area contributed by atoms with E-state index in [1.54, 1.807) is 0 Å². The molecule has 0 aliphatic carbocycles. The molecule has 2 heterocycles. The van der Waals surface area contributed by atoms with Gasteiger partial charge in [-0.2, -0.15) is 0 Å². The maximum Gasteiger partial charge on any atom is 0.410 e. The summed E-state index contributed by atoms with van der Waals surface area (Å²) in [6.07, 6.45) is 3.69. The summed E-state index contributed by atoms with van der Waals surface area (Å²) in [4.78, 5) is 18.7. The van der Waals surface area contributed by atoms with Crippen molar-refractivity contribution in [3.8, 4) is 0 Å². The molecule has 0 saturated carbocycles. The van der Waals surface area contributed by atoms with Gasteiger partial charge in [-0.3, -0.25) is 4.98 Å². The normalized spacial score (nSPS) is 17.8. The van der Waals surface area contributed by atoms with Gasteiger partial charge in [-0.1, -0.05) is 19.9 Å². The molecule has 0 aromatic carbocycles. The van der Waals surface area contributed by atoms with Crippen molar-refractivity contribution in [2.75, 3.05) is 13.1 Å². The third-order valence-corrected chi connectivity index (χ3v) is 5.48. The van der Waals surface area contributed by atoms with Gasteiger partial charge in [0.1, 0.15) is 5.60 Å². The first-order valence-electron chi connectivity index (χ1n) is 8.80. The minimum Gasteiger partial charge on any atom is -0.444 e. The highest BCUT2D eigenvalue weighted by molar-refractivity contribution is 8.00. The fourth-order valence-corrected chi connectivity index (χ4v) is 4.33. The zero-order chi connectivity index (χ0) is 17.7. The molecular formula is C19H30N2O2S. The molecule has 1 unspecified atom stereocenters. The molecule has 0 radical (unpaired) electrons. The number of carbonyl (C=O) groups is 1. The standard InChI is InChI=1S/C19H30N2O2S/c1-14(2)24-17(16-8-6-7-11-20-16)15-9-12-21(13-10-15)18(22)23-19(3,4)5/h6-8,11,14-15,17H,9-10,12-13H2,1-5H3. The fraction of sp³-hybridized carbons (Fsp3) is 0.684. The molecule has 0 spiro atoms. The van der Waals surface area contributed by atoms with Gasteiger partial charge in [0.15, 0.2) is 0 Å². The molecule has 24 heavy (non-hydrogen) atoms. The molecular weight excluding hydrogens is 320 g/mol. The van der Waals surface area contributed by atoms with Gasteiger partial charge in [0.2, 0.25) is 0 Å². The Hall–Kier alpha value is -1.23. The van der Waals surface area contributed by atoms with E-state index in [9.17, 15) is 4.79 Å². The number of nitrogens with zero attached hydrogens (tertiary/aromatic N) is 2. The van der Waals surface area contributed by atoms with Crippen molar-refractivity contribution in [1.29, 1.82) is 0 Å². The van der Waals surface area contributed by atoms with E-state index in [-0.39, 0.29) is 6.09 Å². The number of piperidine rings is 1. The highest BCUT2D eigenvalue weighted by Gasteiger charge is 2.32. The summed E-state index contributed by atoms with van der Waals surface area (Å²) in [7, 11) is 0. The molecule has 0 N–H and O–H groups in total. The summed E-state index contributed by atoms with van der Waals surface area (Å²) in [5.74, 6) is 0.547. The molecule has 1 aromatic rings. The van der Waals surface area contributed by atoms with Gasteiger partial charge in [0.05, 0.1) is 10.9 Å². The lowest BCUT2D eigenvalue weighted by atomic mass is 9.91. The van der Waals surface area contributed by atoms with E-state index in [1.807, 2.05) is 49.7 Å². The Morgan fingerprint density at radius 1 is 1.29 bits per heavy atom. The summed E-state index contributed by atoms with van der Waals surface area (Å²) in [5.41, 5.74) is 0.727. The highest BCUT2D eigenvalue weighted by atomic mass is 32.2. The largest absolute Gasteiger partial charge is 0.444 e. The van der Waals surface area contributed by atoms with Crippen LogP contribution in [0.1, 0.15) is 58.4 Å². The first-order chi connectivity index (χ1) is 11.3. The maximum atomic E-state index is 12.2. The maximum absolute atomic E-state index is 12.2. The van der Waals surface area contributed by atoms with E-state index in [1.165, 1.54) is 0 Å². The minimum absolute atomic E-state index is 0.188. The lowest BCUT2D eigenvalue weighted by Crippen LogP contribution is -2.42. The molecule has 1 saturated heterocycles. The van der Waals surface area contributed by atoms with Gasteiger partial charge < -0.3 is 9.64 Å². The Kier molecular flexibility index (Phi) is 6.55. The SMILES string of the molecule is CC(C)SC(c1ccccn1)C1CCN(C(=O)OC(C)(C)C)CC1. The van der Waals surface area contributed by atoms with Crippen LogP contribution in [0.25, 0.3) is 0 Å². The van der Waals surface area contributed by atoms with E-state index < -0.39 is 5.60 Å². The summed E-state index contributed by atoms with van der Waals surface area (Å²) in [6, 6.07) is 6.15. The van der Waals surface area contributed by atoms with Crippen molar-refractivity contribution in [3.63, 3.8) is 0 Å². The highest BCUT2D eigenvalue weighted by Crippen LogP contribution is 2.42. The zero-order valence-corrected chi connectivity index (χ0v) is 16.3. The van der Waals surface area contributed by atoms with Crippen molar-refractivity contribution in [1.82, 2.24) is 9.88 Å². The number of hydrogen-bond acceptors (Lipinski definition) is 4. The van der Waals surface area contributed by atoms with Crippen LogP contribution in [0.2, 0.25) is 0 Å². The Morgan fingerprint density at radius 3 is 2.46 bits per heavy atom. The number of aromatic nitrogens is 1. The predicted octanol–water partition coefficient (Wildman–Crippen LogP) is 4.91. The molecule has 1 aliphatic heterocycles. The number of likely N-dealkylation sites (tertiary alicyclic amines) is 1. The number of amides is 1. The molecule has 0 bridgehead atoms. The number of thioether (sulfide) groups is 1. The van der Waals surface area contributed by atoms with Crippen molar-refractivity contribution in [2.24, 2.45) is 5.92 Å². The predicted molar refractivity (Wildman–Crippen MR) is 100 cm³/mol. The second kappa shape index (κ2) is 8.24. The monoisotopic (exact) mass is 350 g/mol. The topological polar surface area (TPSA) is 42.4 Å². The molecule has 1 atom stereocenters. The van der Waals surface area contributed by atoms with Crippen molar-refractivity contribution >= 4 is 17.9 Å². The lowest BCUT2D eigenvalue weighted by Gasteiger charge is -2.36. The Balaban J connectivity index is 1.99. The van der Waals surface area contributed by atoms with Crippen molar-refractivity contribution < 1.29 is 9.53 Å². The number of pyridine rings is 1. The molecule has 4 nitrogen and oxygen atoms in total. The Labute approximate surface area is 150 Å². The molecule has 1 fully saturated rings. The molecule has 5 heteroatoms. The number of carbonyl (C=O) groups excluding carboxylic acids is 1. The number of hydrogen-bond donors (Lipinski definition) is 0. The summed E-state index contributed by atoms with van der Waals surface area (Å²) in [5, 5.41) is 0.952. The van der Waals surface area contributed by atoms with Crippen LogP contribution in [0.3, 0.4) is 0 Å². The Bertz CT molecular complexity index is 520. The molecule has 134 valence electrons. The van der Waals surface area contributed by atoms with E-state index in [2.05, 4.69) is 31.0 Å². The van der Waals surface area contributed by atoms with Crippen LogP contribution >= 0.6 is 11.8 Å². The van der Waals surface area contributed by atoms with Gasteiger partial charge in [-0.15, -0.1) is 11.8 Å². The van der Waals surface area contributed by atoms with Crippen molar-refractivity contribution in [2.45, 2.75) is 63.6 Å². The number of ether oxygens (including phenoxy) is 1. The van der Waals surface area contributed by atoms with Crippen LogP contribution in [0, 0.1) is 5.92 Å². The zero-order valence-electron chi connectivity index (χ0n) is 15.5. The van der Waals surface area contributed by atoms with Gasteiger partial charge in [0.25, 0.3) is 0 Å². The first kappa shape index (κ1) is 19.1. The number of rotatable bonds is 4. The molecule has 1 aliphatic rings. The third kappa shape index (κ3) is 5.69. The van der Waals surface area contributed by atoms with E-state index in [4.69, 9.17) is 4.74 Å². The Morgan fingerprint density at radius 2 is 1.96 bits per heavy atom. The second-order valence-corrected chi connectivity index (χ2v) is 9.39. The van der Waals surface area contributed by atoms with Crippen molar-refractivity contribution in [3.05, 3.63) is 30.1 Å². The molecule has 1 amide bonds. The third-order valence-electron chi connectivity index (χ3n) is 4.02. The average molecular weight is 351 g/mol. The first-order valence-corrected chi connectivity index (χ1v) is 9.75. The van der Waals surface area contributed by atoms with Crippen LogP contribution in [0.4, 0.5) is 4.79 Å². The second-order valence-electron chi connectivity index (χ2n) is 7.66. The van der Waals surface area contributed by atoms with Crippen LogP contribution in [0.15, 0.2) is 24.4 Å². The summed E-state index contributed by atoms with van der Waals surface area (Å²) >= 11 is 1.98. The van der Waals surface area contributed by atoms with Gasteiger partial charge >= 0.3 is 6.09 Å². The molecule has 1 aromatic heterocycles. The van der Waals surface area contributed by atoms with E-state index >= 15 is 0 Å². The van der Waals surface area contributed by atoms with Crippen LogP contribution in [-0.4, -0.2) is 39.9 Å². The van der Waals surface area contributed by atoms with E-state index in [0.29, 0.717) is 16.4 Å². The van der Waals surface area contributed by atoms with Crippen LogP contribution < -0.4 is 0 Å². The fourth-order valence-electron chi connectivity index (χ4n) is 2.97. The average Bonchev–Trinajstić information content (AvgIpc) is 2.52. The lowest BCUT2D eigenvalue weighted by molar-refractivity contribution is 0.0183. The molecule has 2 rings (SSSR count). The van der Waals surface area contributed by atoms with E-state index in [0.717, 1.165) is 31.6 Å². The summed E-state index contributed by atoms with van der Waals surface area (Å²) in [6.45, 7) is 11.7. The van der Waals surface area contributed by atoms with Gasteiger partial charge in [0, 0.05) is 19.3 Å². The van der Waals surface area contributed by atoms with Gasteiger partial charge in [-0.05, 0) is 56.9 Å².